The van der Waals surface area contributed by atoms with Crippen LogP contribution in [0.4, 0.5) is 11.4 Å². The molecule has 1 fully saturated rings. The molecule has 0 aromatic heterocycles. The maximum atomic E-state index is 6.23. The van der Waals surface area contributed by atoms with Gasteiger partial charge in [-0.3, -0.25) is 9.89 Å². The lowest BCUT2D eigenvalue weighted by Gasteiger charge is -2.26. The Hall–Kier alpha value is -3.42. The lowest BCUT2D eigenvalue weighted by Crippen LogP contribution is -2.44. The first-order valence-corrected chi connectivity index (χ1v) is 13.6. The van der Waals surface area contributed by atoms with Crippen molar-refractivity contribution in [3.63, 3.8) is 0 Å². The number of aromatic nitrogens is 2. The van der Waals surface area contributed by atoms with Crippen molar-refractivity contribution in [1.82, 2.24) is 19.8 Å². The van der Waals surface area contributed by atoms with E-state index < -0.39 is 0 Å². The maximum absolute atomic E-state index is 6.23. The zero-order valence-electron chi connectivity index (χ0n) is 20.9. The zero-order valence-corrected chi connectivity index (χ0v) is 22.4. The first-order valence-electron chi connectivity index (χ1n) is 12.8. The summed E-state index contributed by atoms with van der Waals surface area (Å²) in [5.74, 6) is 0. The molecule has 0 radical (unpaired) electrons. The molecule has 1 aliphatic carbocycles. The number of piperazine rings is 1. The van der Waals surface area contributed by atoms with E-state index in [-0.39, 0.29) is 0 Å². The van der Waals surface area contributed by atoms with E-state index in [1.54, 1.807) is 0 Å². The minimum absolute atomic E-state index is 0.701. The largest absolute Gasteiger partial charge is 0.354 e. The molecule has 3 aliphatic rings. The highest BCUT2D eigenvalue weighted by Crippen LogP contribution is 2.31. The molecule has 192 valence electrons. The van der Waals surface area contributed by atoms with Gasteiger partial charge in [0, 0.05) is 54.1 Å². The third kappa shape index (κ3) is 5.40. The van der Waals surface area contributed by atoms with Gasteiger partial charge >= 0.3 is 0 Å². The Labute approximate surface area is 231 Å². The molecule has 6 nitrogen and oxygen atoms in total. The molecule has 0 amide bonds. The van der Waals surface area contributed by atoms with Gasteiger partial charge in [0.15, 0.2) is 0 Å². The minimum Gasteiger partial charge on any atom is -0.354 e. The molecule has 0 unspecified atom stereocenters. The Morgan fingerprint density at radius 2 is 1.58 bits per heavy atom. The average Bonchev–Trinajstić information content (AvgIpc) is 2.94. The van der Waals surface area contributed by atoms with Crippen LogP contribution in [0, 0.1) is 0 Å². The maximum Gasteiger partial charge on any atom is 0.0900 e. The number of anilines is 2. The standard InChI is InChI=1S/C30H28Cl2N6/c31-21-5-9-23(10-6-21)35-27-19-28-30(20-26(27)34-15-18-37-16-13-33-14-17-37)38(24-11-7-22(32)8-12-24)29-4-2-1-3-25(29)36-28/h1-12,19-20,33,35H,13-18H2. The Balaban J connectivity index is 1.51. The summed E-state index contributed by atoms with van der Waals surface area (Å²) in [6.07, 6.45) is 0. The van der Waals surface area contributed by atoms with Crippen molar-refractivity contribution in [1.29, 1.82) is 0 Å². The van der Waals surface area contributed by atoms with Gasteiger partial charge in [0.05, 0.1) is 40.0 Å². The van der Waals surface area contributed by atoms with E-state index in [2.05, 4.69) is 38.3 Å². The van der Waals surface area contributed by atoms with Crippen LogP contribution in [0.15, 0.2) is 89.9 Å². The molecule has 2 N–H and O–H groups in total. The summed E-state index contributed by atoms with van der Waals surface area (Å²) in [6.45, 7) is 5.79. The first-order chi connectivity index (χ1) is 18.6. The van der Waals surface area contributed by atoms with Gasteiger partial charge in [0.25, 0.3) is 0 Å². The predicted octanol–water partition coefficient (Wildman–Crippen LogP) is 5.99. The fraction of sp³-hybridized carbons (Fsp3) is 0.200. The number of para-hydroxylation sites is 2. The number of hydrogen-bond donors (Lipinski definition) is 2. The van der Waals surface area contributed by atoms with Crippen molar-refractivity contribution in [2.45, 2.75) is 0 Å². The van der Waals surface area contributed by atoms with Gasteiger partial charge in [0.2, 0.25) is 0 Å². The van der Waals surface area contributed by atoms with Gasteiger partial charge in [-0.25, -0.2) is 4.98 Å². The molecule has 0 saturated carbocycles. The van der Waals surface area contributed by atoms with E-state index in [1.165, 1.54) is 0 Å². The number of hydrogen-bond acceptors (Lipinski definition) is 5. The SMILES string of the molecule is Clc1ccc(Nc2cc3nc4ccccc4n(-c4ccc(Cl)cc4)c-3cc2=NCCN2CCNCC2)cc1. The predicted molar refractivity (Wildman–Crippen MR) is 157 cm³/mol. The number of halogens is 2. The number of nitrogens with zero attached hydrogens (tertiary/aromatic N) is 4. The highest BCUT2D eigenvalue weighted by atomic mass is 35.5. The molecule has 3 aromatic rings. The van der Waals surface area contributed by atoms with Gasteiger partial charge in [-0.05, 0) is 72.8 Å². The van der Waals surface area contributed by atoms with E-state index in [0.29, 0.717) is 16.6 Å². The molecule has 0 bridgehead atoms. The highest BCUT2D eigenvalue weighted by molar-refractivity contribution is 6.30. The van der Waals surface area contributed by atoms with Crippen molar-refractivity contribution in [3.8, 4) is 17.1 Å². The quantitative estimate of drug-likeness (QED) is 0.259. The fourth-order valence-corrected chi connectivity index (χ4v) is 5.13. The van der Waals surface area contributed by atoms with Gasteiger partial charge in [-0.2, -0.15) is 0 Å². The average molecular weight is 544 g/mol. The van der Waals surface area contributed by atoms with E-state index in [9.17, 15) is 0 Å². The number of rotatable bonds is 6. The van der Waals surface area contributed by atoms with Gasteiger partial charge in [-0.15, -0.1) is 0 Å². The number of nitrogens with one attached hydrogen (secondary N) is 2. The minimum atomic E-state index is 0.701. The fourth-order valence-electron chi connectivity index (χ4n) is 4.88. The van der Waals surface area contributed by atoms with Crippen molar-refractivity contribution < 1.29 is 0 Å². The van der Waals surface area contributed by atoms with Crippen LogP contribution < -0.4 is 16.0 Å². The van der Waals surface area contributed by atoms with E-state index in [4.69, 9.17) is 33.2 Å². The van der Waals surface area contributed by atoms with Crippen LogP contribution in [-0.4, -0.2) is 53.7 Å². The summed E-state index contributed by atoms with van der Waals surface area (Å²) in [6, 6.07) is 28.0. The van der Waals surface area contributed by atoms with Gasteiger partial charge < -0.3 is 15.2 Å². The van der Waals surface area contributed by atoms with E-state index in [0.717, 1.165) is 77.6 Å². The zero-order chi connectivity index (χ0) is 25.9. The summed E-state index contributed by atoms with van der Waals surface area (Å²) in [4.78, 5) is 12.6. The third-order valence-electron chi connectivity index (χ3n) is 6.81. The Bertz CT molecular complexity index is 1590. The number of fused-ring (bicyclic) bond motifs is 2. The van der Waals surface area contributed by atoms with Gasteiger partial charge in [0.1, 0.15) is 0 Å². The van der Waals surface area contributed by atoms with Crippen molar-refractivity contribution in [2.24, 2.45) is 4.99 Å². The Kier molecular flexibility index (Phi) is 7.29. The van der Waals surface area contributed by atoms with Crippen molar-refractivity contribution >= 4 is 45.6 Å². The number of benzene rings is 4. The summed E-state index contributed by atoms with van der Waals surface area (Å²) < 4.78 is 2.23. The molecule has 1 saturated heterocycles. The Morgan fingerprint density at radius 3 is 2.34 bits per heavy atom. The smallest absolute Gasteiger partial charge is 0.0900 e. The van der Waals surface area contributed by atoms with Gasteiger partial charge in [-0.1, -0.05) is 35.3 Å². The Morgan fingerprint density at radius 1 is 0.868 bits per heavy atom. The van der Waals surface area contributed by atoms with Crippen LogP contribution in [0.5, 0.6) is 0 Å². The van der Waals surface area contributed by atoms with Crippen LogP contribution >= 0.6 is 23.2 Å². The molecule has 38 heavy (non-hydrogen) atoms. The molecule has 6 rings (SSSR count). The molecule has 8 heteroatoms. The van der Waals surface area contributed by atoms with E-state index in [1.807, 2.05) is 66.7 Å². The lowest BCUT2D eigenvalue weighted by molar-refractivity contribution is 0.247. The van der Waals surface area contributed by atoms with Crippen molar-refractivity contribution in [3.05, 3.63) is 100 Å². The second kappa shape index (κ2) is 11.1. The normalized spacial score (nSPS) is 14.8. The molecule has 0 spiro atoms. The summed E-state index contributed by atoms with van der Waals surface area (Å²) in [5.41, 5.74) is 6.65. The van der Waals surface area contributed by atoms with Crippen LogP contribution in [-0.2, 0) is 0 Å². The highest BCUT2D eigenvalue weighted by Gasteiger charge is 2.17. The molecular formula is C30H28Cl2N6. The third-order valence-corrected chi connectivity index (χ3v) is 7.32. The van der Waals surface area contributed by atoms with Crippen LogP contribution in [0.1, 0.15) is 0 Å². The molecular weight excluding hydrogens is 515 g/mol. The van der Waals surface area contributed by atoms with Crippen LogP contribution in [0.25, 0.3) is 28.1 Å². The molecule has 0 atom stereocenters. The van der Waals surface area contributed by atoms with Crippen LogP contribution in [0.2, 0.25) is 10.0 Å². The lowest BCUT2D eigenvalue weighted by atomic mass is 10.1. The molecule has 3 aromatic carbocycles. The first kappa shape index (κ1) is 24.9. The second-order valence-corrected chi connectivity index (χ2v) is 10.2. The molecule has 2 aliphatic heterocycles. The van der Waals surface area contributed by atoms with Crippen molar-refractivity contribution in [2.75, 3.05) is 44.6 Å². The summed E-state index contributed by atoms with van der Waals surface area (Å²) in [7, 11) is 0. The second-order valence-electron chi connectivity index (χ2n) is 9.38. The van der Waals surface area contributed by atoms with E-state index >= 15 is 0 Å². The summed E-state index contributed by atoms with van der Waals surface area (Å²) in [5, 5.41) is 9.26. The van der Waals surface area contributed by atoms with Crippen LogP contribution in [0.3, 0.4) is 0 Å². The summed E-state index contributed by atoms with van der Waals surface area (Å²) >= 11 is 12.4. The molecule has 2 heterocycles. The monoisotopic (exact) mass is 542 g/mol. The topological polar surface area (TPSA) is 57.5 Å².